The molecule has 1 aromatic carbocycles. The van der Waals surface area contributed by atoms with Gasteiger partial charge in [-0.25, -0.2) is 4.98 Å². The van der Waals surface area contributed by atoms with Crippen LogP contribution in [0.25, 0.3) is 11.3 Å². The Morgan fingerprint density at radius 1 is 1.44 bits per heavy atom. The van der Waals surface area contributed by atoms with E-state index in [-0.39, 0.29) is 5.91 Å². The Balaban J connectivity index is 2.11. The standard InChI is InChI=1S/C14H17N3O/c1-10-14(17-9-16-10)13-5-3-4-12(8-13)6-7-15-11(2)18/h3-5,8-9H,6-7H2,1-2H3,(H,15,18)(H,16,17). The zero-order valence-electron chi connectivity index (χ0n) is 10.7. The van der Waals surface area contributed by atoms with Gasteiger partial charge >= 0.3 is 0 Å². The van der Waals surface area contributed by atoms with Crippen molar-refractivity contribution < 1.29 is 4.79 Å². The van der Waals surface area contributed by atoms with Crippen molar-refractivity contribution in [1.82, 2.24) is 15.3 Å². The molecule has 2 N–H and O–H groups in total. The molecule has 1 aromatic heterocycles. The SMILES string of the molecule is CC(=O)NCCc1cccc(-c2nc[nH]c2C)c1. The lowest BCUT2D eigenvalue weighted by atomic mass is 10.1. The van der Waals surface area contributed by atoms with Crippen LogP contribution in [0, 0.1) is 6.92 Å². The number of amides is 1. The number of H-pyrrole nitrogens is 1. The molecule has 0 radical (unpaired) electrons. The summed E-state index contributed by atoms with van der Waals surface area (Å²) in [7, 11) is 0. The van der Waals surface area contributed by atoms with E-state index in [0.29, 0.717) is 6.54 Å². The van der Waals surface area contributed by atoms with Crippen LogP contribution in [0.2, 0.25) is 0 Å². The lowest BCUT2D eigenvalue weighted by Crippen LogP contribution is -2.22. The fraction of sp³-hybridized carbons (Fsp3) is 0.286. The molecule has 0 aliphatic rings. The van der Waals surface area contributed by atoms with E-state index >= 15 is 0 Å². The molecule has 0 atom stereocenters. The lowest BCUT2D eigenvalue weighted by Gasteiger charge is -2.05. The quantitative estimate of drug-likeness (QED) is 0.863. The number of carbonyl (C=O) groups excluding carboxylic acids is 1. The predicted molar refractivity (Wildman–Crippen MR) is 71.1 cm³/mol. The molecule has 4 nitrogen and oxygen atoms in total. The molecule has 0 saturated heterocycles. The monoisotopic (exact) mass is 243 g/mol. The molecule has 4 heteroatoms. The Morgan fingerprint density at radius 3 is 2.94 bits per heavy atom. The number of carbonyl (C=O) groups is 1. The highest BCUT2D eigenvalue weighted by atomic mass is 16.1. The smallest absolute Gasteiger partial charge is 0.216 e. The molecule has 2 rings (SSSR count). The van der Waals surface area contributed by atoms with Crippen molar-refractivity contribution in [2.45, 2.75) is 20.3 Å². The number of nitrogens with zero attached hydrogens (tertiary/aromatic N) is 1. The lowest BCUT2D eigenvalue weighted by molar-refractivity contribution is -0.118. The van der Waals surface area contributed by atoms with Crippen molar-refractivity contribution in [2.75, 3.05) is 6.54 Å². The summed E-state index contributed by atoms with van der Waals surface area (Å²) in [5, 5.41) is 2.80. The van der Waals surface area contributed by atoms with Crippen LogP contribution < -0.4 is 5.32 Å². The van der Waals surface area contributed by atoms with Crippen LogP contribution in [0.1, 0.15) is 18.2 Å². The largest absolute Gasteiger partial charge is 0.356 e. The number of aryl methyl sites for hydroxylation is 1. The van der Waals surface area contributed by atoms with Gasteiger partial charge in [-0.2, -0.15) is 0 Å². The number of aromatic nitrogens is 2. The maximum Gasteiger partial charge on any atom is 0.216 e. The van der Waals surface area contributed by atoms with Gasteiger partial charge in [-0.05, 0) is 25.0 Å². The third kappa shape index (κ3) is 2.97. The second-order valence-corrected chi connectivity index (χ2v) is 4.31. The zero-order valence-corrected chi connectivity index (χ0v) is 10.7. The Morgan fingerprint density at radius 2 is 2.28 bits per heavy atom. The molecule has 0 spiro atoms. The molecule has 2 aromatic rings. The third-order valence-electron chi connectivity index (χ3n) is 2.82. The van der Waals surface area contributed by atoms with Gasteiger partial charge in [-0.1, -0.05) is 18.2 Å². The molecular weight excluding hydrogens is 226 g/mol. The fourth-order valence-corrected chi connectivity index (χ4v) is 1.91. The number of rotatable bonds is 4. The minimum Gasteiger partial charge on any atom is -0.356 e. The van der Waals surface area contributed by atoms with Gasteiger partial charge in [0.15, 0.2) is 0 Å². The van der Waals surface area contributed by atoms with Crippen LogP contribution in [0.3, 0.4) is 0 Å². The van der Waals surface area contributed by atoms with Crippen molar-refractivity contribution >= 4 is 5.91 Å². The summed E-state index contributed by atoms with van der Waals surface area (Å²) in [6.07, 6.45) is 2.53. The van der Waals surface area contributed by atoms with Crippen molar-refractivity contribution in [2.24, 2.45) is 0 Å². The highest BCUT2D eigenvalue weighted by molar-refractivity contribution is 5.72. The molecule has 1 amide bonds. The first kappa shape index (κ1) is 12.4. The number of aromatic amines is 1. The predicted octanol–water partition coefficient (Wildman–Crippen LogP) is 2.06. The van der Waals surface area contributed by atoms with Crippen molar-refractivity contribution in [3.05, 3.63) is 41.9 Å². The van der Waals surface area contributed by atoms with Crippen molar-refractivity contribution in [3.8, 4) is 11.3 Å². The highest BCUT2D eigenvalue weighted by Crippen LogP contribution is 2.20. The summed E-state index contributed by atoms with van der Waals surface area (Å²) in [5.41, 5.74) is 4.35. The molecule has 0 aliphatic carbocycles. The van der Waals surface area contributed by atoms with Crippen LogP contribution in [-0.4, -0.2) is 22.4 Å². The molecule has 18 heavy (non-hydrogen) atoms. The van der Waals surface area contributed by atoms with E-state index in [2.05, 4.69) is 27.4 Å². The van der Waals surface area contributed by atoms with E-state index in [9.17, 15) is 4.79 Å². The van der Waals surface area contributed by atoms with Crippen LogP contribution in [0.15, 0.2) is 30.6 Å². The van der Waals surface area contributed by atoms with Gasteiger partial charge < -0.3 is 10.3 Å². The fourth-order valence-electron chi connectivity index (χ4n) is 1.91. The first-order valence-electron chi connectivity index (χ1n) is 6.00. The molecule has 0 fully saturated rings. The van der Waals surface area contributed by atoms with E-state index < -0.39 is 0 Å². The van der Waals surface area contributed by atoms with Gasteiger partial charge in [0, 0.05) is 24.7 Å². The first-order chi connectivity index (χ1) is 8.66. The Labute approximate surface area is 106 Å². The average Bonchev–Trinajstić information content (AvgIpc) is 2.75. The Bertz CT molecular complexity index is 545. The van der Waals surface area contributed by atoms with Gasteiger partial charge in [0.1, 0.15) is 0 Å². The van der Waals surface area contributed by atoms with Crippen LogP contribution >= 0.6 is 0 Å². The Kier molecular flexibility index (Phi) is 3.77. The highest BCUT2D eigenvalue weighted by Gasteiger charge is 2.05. The topological polar surface area (TPSA) is 57.8 Å². The molecule has 0 aliphatic heterocycles. The minimum absolute atomic E-state index is 0.00861. The third-order valence-corrected chi connectivity index (χ3v) is 2.82. The van der Waals surface area contributed by atoms with Gasteiger partial charge in [-0.15, -0.1) is 0 Å². The second-order valence-electron chi connectivity index (χ2n) is 4.31. The van der Waals surface area contributed by atoms with Gasteiger partial charge in [0.2, 0.25) is 5.91 Å². The number of imidazole rings is 1. The van der Waals surface area contributed by atoms with E-state index in [1.54, 1.807) is 6.33 Å². The summed E-state index contributed by atoms with van der Waals surface area (Å²) >= 11 is 0. The van der Waals surface area contributed by atoms with Crippen molar-refractivity contribution in [1.29, 1.82) is 0 Å². The van der Waals surface area contributed by atoms with Gasteiger partial charge in [-0.3, -0.25) is 4.79 Å². The Hall–Kier alpha value is -2.10. The number of benzene rings is 1. The zero-order chi connectivity index (χ0) is 13.0. The van der Waals surface area contributed by atoms with E-state index in [1.165, 1.54) is 12.5 Å². The van der Waals surface area contributed by atoms with E-state index in [1.807, 2.05) is 19.1 Å². The number of hydrogen-bond donors (Lipinski definition) is 2. The normalized spacial score (nSPS) is 10.3. The maximum absolute atomic E-state index is 10.8. The summed E-state index contributed by atoms with van der Waals surface area (Å²) in [6, 6.07) is 8.25. The summed E-state index contributed by atoms with van der Waals surface area (Å²) in [5.74, 6) is 0.00861. The summed E-state index contributed by atoms with van der Waals surface area (Å²) in [6.45, 7) is 4.20. The molecule has 1 heterocycles. The maximum atomic E-state index is 10.8. The minimum atomic E-state index is 0.00861. The first-order valence-corrected chi connectivity index (χ1v) is 6.00. The van der Waals surface area contributed by atoms with Gasteiger partial charge in [0.25, 0.3) is 0 Å². The average molecular weight is 243 g/mol. The molecular formula is C14H17N3O. The molecule has 0 unspecified atom stereocenters. The molecule has 94 valence electrons. The summed E-state index contributed by atoms with van der Waals surface area (Å²) < 4.78 is 0. The van der Waals surface area contributed by atoms with Crippen LogP contribution in [-0.2, 0) is 11.2 Å². The summed E-state index contributed by atoms with van der Waals surface area (Å²) in [4.78, 5) is 18.2. The number of hydrogen-bond acceptors (Lipinski definition) is 2. The van der Waals surface area contributed by atoms with E-state index in [0.717, 1.165) is 23.4 Å². The van der Waals surface area contributed by atoms with Crippen LogP contribution in [0.4, 0.5) is 0 Å². The molecule has 0 saturated carbocycles. The molecule has 0 bridgehead atoms. The van der Waals surface area contributed by atoms with Crippen molar-refractivity contribution in [3.63, 3.8) is 0 Å². The second kappa shape index (κ2) is 5.49. The van der Waals surface area contributed by atoms with Gasteiger partial charge in [0.05, 0.1) is 12.0 Å². The number of nitrogens with one attached hydrogen (secondary N) is 2. The van der Waals surface area contributed by atoms with Crippen LogP contribution in [0.5, 0.6) is 0 Å². The van der Waals surface area contributed by atoms with E-state index in [4.69, 9.17) is 0 Å².